The lowest BCUT2D eigenvalue weighted by Gasteiger charge is -2.26. The Balaban J connectivity index is 0.00000242. The van der Waals surface area contributed by atoms with Crippen molar-refractivity contribution in [2.24, 2.45) is 0 Å². The van der Waals surface area contributed by atoms with Crippen molar-refractivity contribution < 1.29 is 18.0 Å². The van der Waals surface area contributed by atoms with Crippen LogP contribution in [0.2, 0.25) is 0 Å². The normalized spacial score (nSPS) is 20.3. The third kappa shape index (κ3) is 4.61. The Morgan fingerprint density at radius 2 is 1.95 bits per heavy atom. The molecule has 1 aliphatic heterocycles. The molecular weight excluding hydrogens is 317 g/mol. The predicted molar refractivity (Wildman–Crippen MR) is 81.0 cm³/mol. The fraction of sp³-hybridized carbons (Fsp3) is 0.533. The maximum Gasteiger partial charge on any atom is 0.262 e. The van der Waals surface area contributed by atoms with Gasteiger partial charge in [0, 0.05) is 18.4 Å². The summed E-state index contributed by atoms with van der Waals surface area (Å²) in [5, 5.41) is 5.21. The van der Waals surface area contributed by atoms with Crippen molar-refractivity contribution in [3.63, 3.8) is 0 Å². The number of halogens is 4. The minimum Gasteiger partial charge on any atom is -0.354 e. The fourth-order valence-corrected chi connectivity index (χ4v) is 2.34. The molecule has 1 aromatic rings. The second-order valence-electron chi connectivity index (χ2n) is 6.10. The number of alkyl halides is 2. The van der Waals surface area contributed by atoms with Crippen LogP contribution in [0.15, 0.2) is 24.3 Å². The molecule has 2 N–H and O–H groups in total. The van der Waals surface area contributed by atoms with Crippen molar-refractivity contribution in [1.29, 1.82) is 0 Å². The largest absolute Gasteiger partial charge is 0.354 e. The number of nitrogens with one attached hydrogen (secondary N) is 2. The predicted octanol–water partition coefficient (Wildman–Crippen LogP) is 2.64. The first-order chi connectivity index (χ1) is 9.70. The summed E-state index contributed by atoms with van der Waals surface area (Å²) >= 11 is 0. The molecule has 1 amide bonds. The van der Waals surface area contributed by atoms with Gasteiger partial charge in [-0.05, 0) is 17.7 Å². The summed E-state index contributed by atoms with van der Waals surface area (Å²) in [6.07, 6.45) is -0.476. The summed E-state index contributed by atoms with van der Waals surface area (Å²) in [6, 6.07) is 5.17. The van der Waals surface area contributed by atoms with Crippen molar-refractivity contribution in [3.05, 3.63) is 35.6 Å². The highest BCUT2D eigenvalue weighted by Crippen LogP contribution is 2.26. The molecule has 1 atom stereocenters. The van der Waals surface area contributed by atoms with Gasteiger partial charge in [0.05, 0.1) is 12.6 Å². The van der Waals surface area contributed by atoms with Crippen LogP contribution in [0.3, 0.4) is 0 Å². The number of amides is 1. The summed E-state index contributed by atoms with van der Waals surface area (Å²) in [4.78, 5) is 11.9. The summed E-state index contributed by atoms with van der Waals surface area (Å²) in [7, 11) is 0. The maximum atomic E-state index is 13.1. The van der Waals surface area contributed by atoms with E-state index in [9.17, 15) is 18.0 Å². The molecule has 1 aliphatic rings. The molecule has 7 heteroatoms. The lowest BCUT2D eigenvalue weighted by molar-refractivity contribution is -0.123. The van der Waals surface area contributed by atoms with Gasteiger partial charge in [0.1, 0.15) is 5.82 Å². The third-order valence-corrected chi connectivity index (χ3v) is 3.76. The van der Waals surface area contributed by atoms with Gasteiger partial charge >= 0.3 is 0 Å². The first-order valence-electron chi connectivity index (χ1n) is 6.85. The molecule has 1 fully saturated rings. The van der Waals surface area contributed by atoms with Gasteiger partial charge in [-0.15, -0.1) is 12.4 Å². The molecule has 0 aliphatic carbocycles. The second-order valence-corrected chi connectivity index (χ2v) is 6.10. The van der Waals surface area contributed by atoms with E-state index in [1.165, 1.54) is 12.1 Å². The Morgan fingerprint density at radius 3 is 2.45 bits per heavy atom. The summed E-state index contributed by atoms with van der Waals surface area (Å²) in [5.41, 5.74) is 0.457. The zero-order chi connectivity index (χ0) is 15.7. The van der Waals surface area contributed by atoms with Gasteiger partial charge in [-0.3, -0.25) is 10.1 Å². The molecule has 0 bridgehead atoms. The molecule has 1 aromatic carbocycles. The number of hydrogen-bond donors (Lipinski definition) is 2. The summed E-state index contributed by atoms with van der Waals surface area (Å²) < 4.78 is 39.0. The number of hydrogen-bond acceptors (Lipinski definition) is 2. The highest BCUT2D eigenvalue weighted by atomic mass is 35.5. The number of benzene rings is 1. The van der Waals surface area contributed by atoms with E-state index in [-0.39, 0.29) is 18.2 Å². The molecule has 0 saturated carbocycles. The quantitative estimate of drug-likeness (QED) is 0.887. The highest BCUT2D eigenvalue weighted by Gasteiger charge is 2.42. The van der Waals surface area contributed by atoms with Crippen molar-refractivity contribution in [1.82, 2.24) is 10.6 Å². The Bertz CT molecular complexity index is 520. The Kier molecular flexibility index (Phi) is 5.87. The van der Waals surface area contributed by atoms with Gasteiger partial charge in [0.2, 0.25) is 5.91 Å². The average Bonchev–Trinajstić information content (AvgIpc) is 2.77. The summed E-state index contributed by atoms with van der Waals surface area (Å²) in [5.74, 6) is -3.58. The van der Waals surface area contributed by atoms with E-state index in [2.05, 4.69) is 10.6 Å². The highest BCUT2D eigenvalue weighted by molar-refractivity contribution is 5.85. The zero-order valence-corrected chi connectivity index (χ0v) is 13.3. The smallest absolute Gasteiger partial charge is 0.262 e. The van der Waals surface area contributed by atoms with Gasteiger partial charge in [0.15, 0.2) is 0 Å². The van der Waals surface area contributed by atoms with Crippen molar-refractivity contribution >= 4 is 18.3 Å². The van der Waals surface area contributed by atoms with Crippen molar-refractivity contribution in [2.75, 3.05) is 13.1 Å². The standard InChI is InChI=1S/C15H19F3N2O.ClH/c1-14(2,10-3-5-11(16)6-4-10)8-20-13(21)12-7-15(17,18)9-19-12;/h3-6,12,19H,7-9H2,1-2H3,(H,20,21);1H. The molecule has 124 valence electrons. The van der Waals surface area contributed by atoms with E-state index in [1.54, 1.807) is 12.1 Å². The molecule has 2 rings (SSSR count). The molecule has 0 spiro atoms. The molecule has 22 heavy (non-hydrogen) atoms. The monoisotopic (exact) mass is 336 g/mol. The van der Waals surface area contributed by atoms with Crippen LogP contribution in [0.1, 0.15) is 25.8 Å². The van der Waals surface area contributed by atoms with E-state index >= 15 is 0 Å². The van der Waals surface area contributed by atoms with Gasteiger partial charge in [-0.1, -0.05) is 26.0 Å². The van der Waals surface area contributed by atoms with Gasteiger partial charge in [-0.25, -0.2) is 13.2 Å². The van der Waals surface area contributed by atoms with Crippen LogP contribution >= 0.6 is 12.4 Å². The SMILES string of the molecule is CC(C)(CNC(=O)C1CC(F)(F)CN1)c1ccc(F)cc1.Cl. The number of carbonyl (C=O) groups is 1. The maximum absolute atomic E-state index is 13.1. The molecular formula is C15H20ClF3N2O. The lowest BCUT2D eigenvalue weighted by Crippen LogP contribution is -2.45. The van der Waals surface area contributed by atoms with Crippen LogP contribution in [0.25, 0.3) is 0 Å². The van der Waals surface area contributed by atoms with Crippen LogP contribution in [0, 0.1) is 5.82 Å². The van der Waals surface area contributed by atoms with Crippen LogP contribution in [0.4, 0.5) is 13.2 Å². The van der Waals surface area contributed by atoms with Crippen LogP contribution < -0.4 is 10.6 Å². The topological polar surface area (TPSA) is 41.1 Å². The van der Waals surface area contributed by atoms with E-state index < -0.39 is 36.3 Å². The summed E-state index contributed by atoms with van der Waals surface area (Å²) in [6.45, 7) is 3.63. The van der Waals surface area contributed by atoms with Crippen LogP contribution in [-0.4, -0.2) is 31.0 Å². The van der Waals surface area contributed by atoms with Gasteiger partial charge in [0.25, 0.3) is 5.92 Å². The molecule has 0 radical (unpaired) electrons. The Labute approximate surface area is 134 Å². The molecule has 1 saturated heterocycles. The molecule has 1 heterocycles. The molecule has 3 nitrogen and oxygen atoms in total. The van der Waals surface area contributed by atoms with E-state index in [0.29, 0.717) is 6.54 Å². The van der Waals surface area contributed by atoms with E-state index in [0.717, 1.165) is 5.56 Å². The fourth-order valence-electron chi connectivity index (χ4n) is 2.34. The first-order valence-corrected chi connectivity index (χ1v) is 6.85. The minimum atomic E-state index is -2.82. The zero-order valence-electron chi connectivity index (χ0n) is 12.5. The average molecular weight is 337 g/mol. The van der Waals surface area contributed by atoms with E-state index in [1.807, 2.05) is 13.8 Å². The van der Waals surface area contributed by atoms with Crippen molar-refractivity contribution in [2.45, 2.75) is 37.6 Å². The Morgan fingerprint density at radius 1 is 1.36 bits per heavy atom. The van der Waals surface area contributed by atoms with Crippen molar-refractivity contribution in [3.8, 4) is 0 Å². The van der Waals surface area contributed by atoms with Gasteiger partial charge < -0.3 is 5.32 Å². The second kappa shape index (κ2) is 6.87. The number of carbonyl (C=O) groups excluding carboxylic acids is 1. The Hall–Kier alpha value is -1.27. The first kappa shape index (κ1) is 18.8. The molecule has 0 aromatic heterocycles. The number of rotatable bonds is 4. The third-order valence-electron chi connectivity index (χ3n) is 3.76. The van der Waals surface area contributed by atoms with E-state index in [4.69, 9.17) is 0 Å². The molecule has 1 unspecified atom stereocenters. The lowest BCUT2D eigenvalue weighted by atomic mass is 9.84. The minimum absolute atomic E-state index is 0. The van der Waals surface area contributed by atoms with Crippen LogP contribution in [0.5, 0.6) is 0 Å². The van der Waals surface area contributed by atoms with Gasteiger partial charge in [-0.2, -0.15) is 0 Å². The van der Waals surface area contributed by atoms with Crippen LogP contribution in [-0.2, 0) is 10.2 Å².